The Labute approximate surface area is 155 Å². The van der Waals surface area contributed by atoms with Crippen LogP contribution in [0.2, 0.25) is 0 Å². The van der Waals surface area contributed by atoms with Crippen molar-refractivity contribution in [2.75, 3.05) is 26.3 Å². The van der Waals surface area contributed by atoms with E-state index in [1.807, 2.05) is 6.07 Å². The summed E-state index contributed by atoms with van der Waals surface area (Å²) in [5.41, 5.74) is 2.46. The number of nitrogens with zero attached hydrogens (tertiary/aromatic N) is 1. The normalized spacial score (nSPS) is 22.8. The van der Waals surface area contributed by atoms with E-state index < -0.39 is 0 Å². The summed E-state index contributed by atoms with van der Waals surface area (Å²) >= 11 is 0. The lowest BCUT2D eigenvalue weighted by Crippen LogP contribution is -2.51. The molecule has 1 aliphatic carbocycles. The van der Waals surface area contributed by atoms with Gasteiger partial charge in [-0.15, -0.1) is 12.4 Å². The van der Waals surface area contributed by atoms with E-state index in [1.54, 1.807) is 0 Å². The van der Waals surface area contributed by atoms with Gasteiger partial charge in [0.25, 0.3) is 5.91 Å². The number of hydrogen-bond acceptors (Lipinski definition) is 4. The Bertz CT molecular complexity index is 598. The summed E-state index contributed by atoms with van der Waals surface area (Å²) < 4.78 is 11.3. The number of benzene rings is 1. The number of nitrogens with one attached hydrogen (secondary N) is 1. The Morgan fingerprint density at radius 1 is 1.24 bits per heavy atom. The molecule has 2 heterocycles. The largest absolute Gasteiger partial charge is 0.493 e. The first-order chi connectivity index (χ1) is 11.8. The maximum Gasteiger partial charge on any atom is 0.253 e. The van der Waals surface area contributed by atoms with E-state index in [-0.39, 0.29) is 24.4 Å². The Hall–Kier alpha value is -1.30. The van der Waals surface area contributed by atoms with Gasteiger partial charge in [0.1, 0.15) is 11.9 Å². The van der Waals surface area contributed by atoms with Gasteiger partial charge >= 0.3 is 0 Å². The highest BCUT2D eigenvalue weighted by atomic mass is 35.5. The molecule has 2 fully saturated rings. The van der Waals surface area contributed by atoms with Gasteiger partial charge in [0.05, 0.1) is 13.2 Å². The van der Waals surface area contributed by atoms with E-state index in [0.717, 1.165) is 38.2 Å². The Kier molecular flexibility index (Phi) is 6.20. The maximum absolute atomic E-state index is 13.1. The van der Waals surface area contributed by atoms with Crippen LogP contribution in [0.15, 0.2) is 18.2 Å². The smallest absolute Gasteiger partial charge is 0.253 e. The van der Waals surface area contributed by atoms with Crippen molar-refractivity contribution in [1.29, 1.82) is 0 Å². The molecule has 0 spiro atoms. The molecule has 1 atom stereocenters. The second-order valence-corrected chi connectivity index (χ2v) is 7.01. The topological polar surface area (TPSA) is 50.8 Å². The van der Waals surface area contributed by atoms with Gasteiger partial charge in [0.15, 0.2) is 0 Å². The van der Waals surface area contributed by atoms with Crippen LogP contribution in [0.3, 0.4) is 0 Å². The van der Waals surface area contributed by atoms with E-state index in [2.05, 4.69) is 22.3 Å². The van der Waals surface area contributed by atoms with Gasteiger partial charge in [-0.3, -0.25) is 4.79 Å². The molecule has 1 aromatic carbocycles. The zero-order valence-electron chi connectivity index (χ0n) is 14.5. The first kappa shape index (κ1) is 18.5. The second kappa shape index (κ2) is 8.39. The summed E-state index contributed by atoms with van der Waals surface area (Å²) in [5.74, 6) is 1.14. The molecule has 0 bridgehead atoms. The van der Waals surface area contributed by atoms with Crippen molar-refractivity contribution in [3.63, 3.8) is 0 Å². The predicted octanol–water partition coefficient (Wildman–Crippen LogP) is 2.30. The van der Waals surface area contributed by atoms with Crippen LogP contribution in [0, 0.1) is 0 Å². The lowest BCUT2D eigenvalue weighted by molar-refractivity contribution is -0.148. The molecule has 4 rings (SSSR count). The summed E-state index contributed by atoms with van der Waals surface area (Å²) in [6.07, 6.45) is 5.29. The third-order valence-electron chi connectivity index (χ3n) is 5.36. The van der Waals surface area contributed by atoms with Crippen LogP contribution in [-0.2, 0) is 22.5 Å². The molecule has 2 aliphatic heterocycles. The first-order valence-corrected chi connectivity index (χ1v) is 9.19. The van der Waals surface area contributed by atoms with Crippen molar-refractivity contribution in [3.8, 4) is 5.75 Å². The number of carbonyl (C=O) groups is 1. The fourth-order valence-electron chi connectivity index (χ4n) is 4.05. The van der Waals surface area contributed by atoms with Crippen LogP contribution in [0.4, 0.5) is 0 Å². The molecule has 3 aliphatic rings. The van der Waals surface area contributed by atoms with Gasteiger partial charge in [-0.05, 0) is 30.0 Å². The standard InChI is InChI=1S/C19H26N2O3.ClH/c22-19(18-12-20-8-10-24-18)21(16-3-1-2-4-16)13-14-5-6-17-15(11-14)7-9-23-17;/h5-6,11,16,18,20H,1-4,7-10,12-13H2;1H. The third kappa shape index (κ3) is 4.10. The van der Waals surface area contributed by atoms with E-state index in [0.29, 0.717) is 25.7 Å². The zero-order chi connectivity index (χ0) is 16.4. The molecule has 1 N–H and O–H groups in total. The molecule has 138 valence electrons. The van der Waals surface area contributed by atoms with Gasteiger partial charge in [-0.25, -0.2) is 0 Å². The summed E-state index contributed by atoms with van der Waals surface area (Å²) in [4.78, 5) is 15.1. The van der Waals surface area contributed by atoms with E-state index in [9.17, 15) is 4.79 Å². The van der Waals surface area contributed by atoms with Crippen molar-refractivity contribution >= 4 is 18.3 Å². The van der Waals surface area contributed by atoms with Crippen molar-refractivity contribution in [1.82, 2.24) is 10.2 Å². The summed E-state index contributed by atoms with van der Waals surface area (Å²) in [6.45, 7) is 3.52. The molecule has 1 unspecified atom stereocenters. The van der Waals surface area contributed by atoms with Crippen LogP contribution in [0.1, 0.15) is 36.8 Å². The Morgan fingerprint density at radius 2 is 2.08 bits per heavy atom. The van der Waals surface area contributed by atoms with Crippen molar-refractivity contribution in [2.24, 2.45) is 0 Å². The quantitative estimate of drug-likeness (QED) is 0.888. The van der Waals surface area contributed by atoms with Gasteiger partial charge in [-0.1, -0.05) is 25.0 Å². The highest BCUT2D eigenvalue weighted by Crippen LogP contribution is 2.29. The molecule has 1 amide bonds. The second-order valence-electron chi connectivity index (χ2n) is 7.01. The van der Waals surface area contributed by atoms with Crippen LogP contribution in [-0.4, -0.2) is 49.3 Å². The molecule has 25 heavy (non-hydrogen) atoms. The minimum atomic E-state index is -0.336. The highest BCUT2D eigenvalue weighted by Gasteiger charge is 2.33. The van der Waals surface area contributed by atoms with Crippen LogP contribution >= 0.6 is 12.4 Å². The number of halogens is 1. The summed E-state index contributed by atoms with van der Waals surface area (Å²) in [5, 5.41) is 3.27. The molecule has 1 saturated heterocycles. The SMILES string of the molecule is Cl.O=C(C1CNCCO1)N(Cc1ccc2c(c1)CCO2)C1CCCC1. The van der Waals surface area contributed by atoms with Gasteiger partial charge in [-0.2, -0.15) is 0 Å². The number of ether oxygens (including phenoxy) is 2. The average molecular weight is 367 g/mol. The van der Waals surface area contributed by atoms with Crippen LogP contribution < -0.4 is 10.1 Å². The molecular formula is C19H27ClN2O3. The molecule has 0 radical (unpaired) electrons. The summed E-state index contributed by atoms with van der Waals surface area (Å²) in [6, 6.07) is 6.71. The molecule has 0 aromatic heterocycles. The molecular weight excluding hydrogens is 340 g/mol. The predicted molar refractivity (Wildman–Crippen MR) is 98.3 cm³/mol. The fraction of sp³-hybridized carbons (Fsp3) is 0.632. The van der Waals surface area contributed by atoms with E-state index in [4.69, 9.17) is 9.47 Å². The van der Waals surface area contributed by atoms with Crippen molar-refractivity contribution in [3.05, 3.63) is 29.3 Å². The van der Waals surface area contributed by atoms with Crippen LogP contribution in [0.5, 0.6) is 5.75 Å². The third-order valence-corrected chi connectivity index (χ3v) is 5.36. The number of hydrogen-bond donors (Lipinski definition) is 1. The monoisotopic (exact) mass is 366 g/mol. The van der Waals surface area contributed by atoms with E-state index in [1.165, 1.54) is 24.0 Å². The number of morpholine rings is 1. The fourth-order valence-corrected chi connectivity index (χ4v) is 4.05. The molecule has 1 aromatic rings. The minimum absolute atomic E-state index is 0. The lowest BCUT2D eigenvalue weighted by atomic mass is 10.1. The van der Waals surface area contributed by atoms with E-state index >= 15 is 0 Å². The lowest BCUT2D eigenvalue weighted by Gasteiger charge is -2.34. The number of carbonyl (C=O) groups excluding carboxylic acids is 1. The summed E-state index contributed by atoms with van der Waals surface area (Å²) in [7, 11) is 0. The average Bonchev–Trinajstić information content (AvgIpc) is 3.31. The zero-order valence-corrected chi connectivity index (χ0v) is 15.4. The number of fused-ring (bicyclic) bond motifs is 1. The van der Waals surface area contributed by atoms with Gasteiger partial charge < -0.3 is 19.7 Å². The number of rotatable bonds is 4. The highest BCUT2D eigenvalue weighted by molar-refractivity contribution is 5.85. The van der Waals surface area contributed by atoms with Crippen LogP contribution in [0.25, 0.3) is 0 Å². The van der Waals surface area contributed by atoms with Gasteiger partial charge in [0.2, 0.25) is 0 Å². The number of amides is 1. The van der Waals surface area contributed by atoms with Crippen molar-refractivity contribution < 1.29 is 14.3 Å². The first-order valence-electron chi connectivity index (χ1n) is 9.19. The van der Waals surface area contributed by atoms with Gasteiger partial charge in [0, 0.05) is 32.1 Å². The van der Waals surface area contributed by atoms with Crippen molar-refractivity contribution in [2.45, 2.75) is 50.8 Å². The molecule has 5 nitrogen and oxygen atoms in total. The molecule has 6 heteroatoms. The minimum Gasteiger partial charge on any atom is -0.493 e. The maximum atomic E-state index is 13.1. The Balaban J connectivity index is 0.00000182. The Morgan fingerprint density at radius 3 is 2.84 bits per heavy atom. The molecule has 1 saturated carbocycles.